The van der Waals surface area contributed by atoms with Gasteiger partial charge in [-0.1, -0.05) is 45.0 Å². The summed E-state index contributed by atoms with van der Waals surface area (Å²) in [5.41, 5.74) is 4.39. The second kappa shape index (κ2) is 16.2. The Morgan fingerprint density at radius 1 is 0.865 bits per heavy atom. The molecule has 7 nitrogen and oxygen atoms in total. The van der Waals surface area contributed by atoms with Gasteiger partial charge in [-0.05, 0) is 74.7 Å². The third kappa shape index (κ3) is 10.6. The highest BCUT2D eigenvalue weighted by molar-refractivity contribution is 6.00. The zero-order chi connectivity index (χ0) is 27.2. The van der Waals surface area contributed by atoms with Gasteiger partial charge in [0.05, 0.1) is 6.10 Å². The number of amides is 2. The number of aryl methyl sites for hydroxylation is 1. The molecule has 0 aromatic heterocycles. The molecule has 0 fully saturated rings. The molecule has 2 rings (SSSR count). The summed E-state index contributed by atoms with van der Waals surface area (Å²) in [5.74, 6) is -0.325. The largest absolute Gasteiger partial charge is 0.390 e. The van der Waals surface area contributed by atoms with Crippen LogP contribution in [0.1, 0.15) is 71.0 Å². The Balaban J connectivity index is 2.03. The maximum atomic E-state index is 13.3. The van der Waals surface area contributed by atoms with Crippen LogP contribution in [0, 0.1) is 0 Å². The molecular weight excluding hydrogens is 464 g/mol. The molecule has 0 aliphatic rings. The van der Waals surface area contributed by atoms with Gasteiger partial charge in [-0.25, -0.2) is 0 Å². The highest BCUT2D eigenvalue weighted by atomic mass is 16.3. The molecule has 2 aromatic rings. The van der Waals surface area contributed by atoms with Crippen LogP contribution in [0.5, 0.6) is 0 Å². The van der Waals surface area contributed by atoms with E-state index in [0.717, 1.165) is 37.8 Å². The quantitative estimate of drug-likeness (QED) is 0.322. The van der Waals surface area contributed by atoms with Gasteiger partial charge in [0.1, 0.15) is 0 Å². The summed E-state index contributed by atoms with van der Waals surface area (Å²) in [6.07, 6.45) is 2.77. The van der Waals surface area contributed by atoms with Crippen molar-refractivity contribution in [2.75, 3.05) is 46.8 Å². The molecule has 0 bridgehead atoms. The first-order valence-electron chi connectivity index (χ1n) is 13.6. The minimum absolute atomic E-state index is 0.0409. The summed E-state index contributed by atoms with van der Waals surface area (Å²) in [4.78, 5) is 30.2. The molecule has 204 valence electrons. The second-order valence-corrected chi connectivity index (χ2v) is 9.93. The molecule has 7 heteroatoms. The van der Waals surface area contributed by atoms with Crippen molar-refractivity contribution in [3.05, 3.63) is 70.3 Å². The number of aliphatic hydroxyl groups excluding tert-OH is 1. The molecule has 0 heterocycles. The number of hydrogen-bond donors (Lipinski definition) is 3. The number of aliphatic hydroxyl groups is 1. The van der Waals surface area contributed by atoms with E-state index in [-0.39, 0.29) is 18.4 Å². The Kier molecular flexibility index (Phi) is 13.3. The molecule has 0 aliphatic heterocycles. The van der Waals surface area contributed by atoms with Crippen LogP contribution in [0.15, 0.2) is 42.5 Å². The maximum absolute atomic E-state index is 13.3. The van der Waals surface area contributed by atoms with Crippen molar-refractivity contribution >= 4 is 11.8 Å². The molecule has 0 unspecified atom stereocenters. The standard InChI is InChI=1S/C30H46N4O3/c1-6-13-34(14-7-2)30(37)27-18-24(12-15-33(4)5)17-26(19-27)29(36)32-22-28(35)21-31-20-25-11-9-10-23(8-3)16-25/h9-11,16-19,28,31,35H,6-8,12-15,20-22H2,1-5H3,(H,32,36)/t28-/m1/s1. The van der Waals surface area contributed by atoms with Gasteiger partial charge in [0.15, 0.2) is 0 Å². The first-order valence-corrected chi connectivity index (χ1v) is 13.6. The summed E-state index contributed by atoms with van der Waals surface area (Å²) < 4.78 is 0. The highest BCUT2D eigenvalue weighted by Crippen LogP contribution is 2.15. The molecule has 0 saturated carbocycles. The molecule has 0 aliphatic carbocycles. The van der Waals surface area contributed by atoms with Crippen molar-refractivity contribution in [3.8, 4) is 0 Å². The van der Waals surface area contributed by atoms with Gasteiger partial charge in [-0.3, -0.25) is 9.59 Å². The maximum Gasteiger partial charge on any atom is 0.253 e. The van der Waals surface area contributed by atoms with Gasteiger partial charge >= 0.3 is 0 Å². The number of nitrogens with zero attached hydrogens (tertiary/aromatic N) is 2. The fourth-order valence-electron chi connectivity index (χ4n) is 4.21. The molecular formula is C30H46N4O3. The predicted molar refractivity (Wildman–Crippen MR) is 151 cm³/mol. The lowest BCUT2D eigenvalue weighted by Gasteiger charge is -2.22. The Labute approximate surface area is 223 Å². The van der Waals surface area contributed by atoms with Crippen LogP contribution in [0.4, 0.5) is 0 Å². The van der Waals surface area contributed by atoms with Crippen molar-refractivity contribution in [1.82, 2.24) is 20.4 Å². The molecule has 0 spiro atoms. The van der Waals surface area contributed by atoms with Crippen molar-refractivity contribution < 1.29 is 14.7 Å². The first kappa shape index (κ1) is 30.5. The van der Waals surface area contributed by atoms with Gasteiger partial charge in [0, 0.05) is 50.4 Å². The Hall–Kier alpha value is -2.74. The van der Waals surface area contributed by atoms with Crippen LogP contribution >= 0.6 is 0 Å². The van der Waals surface area contributed by atoms with E-state index < -0.39 is 6.10 Å². The third-order valence-corrected chi connectivity index (χ3v) is 6.23. The SMILES string of the molecule is CCCN(CCC)C(=O)c1cc(CCN(C)C)cc(C(=O)NC[C@H](O)CNCc2cccc(CC)c2)c1. The van der Waals surface area contributed by atoms with Crippen LogP contribution in [0.3, 0.4) is 0 Å². The molecule has 0 radical (unpaired) electrons. The summed E-state index contributed by atoms with van der Waals surface area (Å²) in [6, 6.07) is 13.8. The predicted octanol–water partition coefficient (Wildman–Crippen LogP) is 3.50. The molecule has 2 amide bonds. The average molecular weight is 511 g/mol. The highest BCUT2D eigenvalue weighted by Gasteiger charge is 2.18. The van der Waals surface area contributed by atoms with Crippen molar-refractivity contribution in [2.24, 2.45) is 0 Å². The van der Waals surface area contributed by atoms with E-state index in [1.807, 2.05) is 37.2 Å². The van der Waals surface area contributed by atoms with Crippen LogP contribution < -0.4 is 10.6 Å². The number of benzene rings is 2. The van der Waals surface area contributed by atoms with E-state index >= 15 is 0 Å². The van der Waals surface area contributed by atoms with E-state index in [0.29, 0.717) is 37.3 Å². The lowest BCUT2D eigenvalue weighted by molar-refractivity contribution is 0.0755. The Bertz CT molecular complexity index is 987. The van der Waals surface area contributed by atoms with Crippen molar-refractivity contribution in [1.29, 1.82) is 0 Å². The Morgan fingerprint density at radius 3 is 2.19 bits per heavy atom. The number of carbonyl (C=O) groups excluding carboxylic acids is 2. The topological polar surface area (TPSA) is 84.9 Å². The summed E-state index contributed by atoms with van der Waals surface area (Å²) in [7, 11) is 4.01. The second-order valence-electron chi connectivity index (χ2n) is 9.93. The van der Waals surface area contributed by atoms with Gasteiger partial charge in [0.2, 0.25) is 0 Å². The molecule has 1 atom stereocenters. The van der Waals surface area contributed by atoms with Crippen molar-refractivity contribution in [3.63, 3.8) is 0 Å². The van der Waals surface area contributed by atoms with Gasteiger partial charge < -0.3 is 25.5 Å². The number of hydrogen-bond acceptors (Lipinski definition) is 5. The lowest BCUT2D eigenvalue weighted by Crippen LogP contribution is -2.38. The van der Waals surface area contributed by atoms with Gasteiger partial charge in [0.25, 0.3) is 11.8 Å². The zero-order valence-corrected chi connectivity index (χ0v) is 23.3. The van der Waals surface area contributed by atoms with Crippen LogP contribution in [-0.4, -0.2) is 79.6 Å². The van der Waals surface area contributed by atoms with Crippen LogP contribution in [-0.2, 0) is 19.4 Å². The molecule has 0 saturated heterocycles. The van der Waals surface area contributed by atoms with Gasteiger partial charge in [-0.15, -0.1) is 0 Å². The zero-order valence-electron chi connectivity index (χ0n) is 23.3. The molecule has 37 heavy (non-hydrogen) atoms. The number of likely N-dealkylation sites (N-methyl/N-ethyl adjacent to an activating group) is 1. The smallest absolute Gasteiger partial charge is 0.253 e. The van der Waals surface area contributed by atoms with E-state index in [1.54, 1.807) is 6.07 Å². The normalized spacial score (nSPS) is 12.0. The lowest BCUT2D eigenvalue weighted by atomic mass is 10.0. The van der Waals surface area contributed by atoms with Crippen LogP contribution in [0.2, 0.25) is 0 Å². The van der Waals surface area contributed by atoms with Crippen LogP contribution in [0.25, 0.3) is 0 Å². The van der Waals surface area contributed by atoms with E-state index in [4.69, 9.17) is 0 Å². The molecule has 2 aromatic carbocycles. The fourth-order valence-corrected chi connectivity index (χ4v) is 4.21. The third-order valence-electron chi connectivity index (χ3n) is 6.23. The summed E-state index contributed by atoms with van der Waals surface area (Å²) in [6.45, 7) is 9.60. The number of rotatable bonds is 16. The average Bonchev–Trinajstić information content (AvgIpc) is 2.90. The first-order chi connectivity index (χ1) is 17.8. The monoisotopic (exact) mass is 510 g/mol. The summed E-state index contributed by atoms with van der Waals surface area (Å²) in [5, 5.41) is 16.5. The summed E-state index contributed by atoms with van der Waals surface area (Å²) >= 11 is 0. The van der Waals surface area contributed by atoms with E-state index in [9.17, 15) is 14.7 Å². The van der Waals surface area contributed by atoms with Crippen molar-refractivity contribution in [2.45, 2.75) is 59.1 Å². The Morgan fingerprint density at radius 2 is 1.54 bits per heavy atom. The fraction of sp³-hybridized carbons (Fsp3) is 0.533. The minimum Gasteiger partial charge on any atom is -0.390 e. The number of carbonyl (C=O) groups is 2. The minimum atomic E-state index is -0.721. The number of nitrogens with one attached hydrogen (secondary N) is 2. The van der Waals surface area contributed by atoms with E-state index in [1.165, 1.54) is 11.1 Å². The molecule has 3 N–H and O–H groups in total. The van der Waals surface area contributed by atoms with Gasteiger partial charge in [-0.2, -0.15) is 0 Å². The van der Waals surface area contributed by atoms with E-state index in [2.05, 4.69) is 54.5 Å².